The van der Waals surface area contributed by atoms with Crippen LogP contribution in [0.15, 0.2) is 0 Å². The summed E-state index contributed by atoms with van der Waals surface area (Å²) in [6.45, 7) is 19.2. The van der Waals surface area contributed by atoms with E-state index in [1.165, 1.54) is 0 Å². The Bertz CT molecular complexity index is 752. The fourth-order valence-corrected chi connectivity index (χ4v) is 3.14. The number of nitrogens with zero attached hydrogens (tertiary/aromatic N) is 2. The molecule has 0 unspecified atom stereocenters. The van der Waals surface area contributed by atoms with Crippen molar-refractivity contribution in [2.75, 3.05) is 16.8 Å². The Balaban J connectivity index is 2.69. The van der Waals surface area contributed by atoms with Gasteiger partial charge < -0.3 is 15.1 Å². The summed E-state index contributed by atoms with van der Waals surface area (Å²) < 4.78 is 0. The van der Waals surface area contributed by atoms with Gasteiger partial charge in [0.2, 0.25) is 18.4 Å². The fourth-order valence-electron chi connectivity index (χ4n) is 3.14. The van der Waals surface area contributed by atoms with Gasteiger partial charge in [0.15, 0.2) is 0 Å². The van der Waals surface area contributed by atoms with Gasteiger partial charge in [-0.25, -0.2) is 6.57 Å². The lowest BCUT2D eigenvalue weighted by Crippen LogP contribution is -2.31. The minimum absolute atomic E-state index is 0.0308. The van der Waals surface area contributed by atoms with Gasteiger partial charge in [0.25, 0.3) is 0 Å². The molecule has 1 aliphatic heterocycles. The maximum absolute atomic E-state index is 12.5. The molecule has 1 aromatic carbocycles. The van der Waals surface area contributed by atoms with Crippen LogP contribution in [0.1, 0.15) is 49.9 Å². The van der Waals surface area contributed by atoms with Gasteiger partial charge in [0, 0.05) is 24.4 Å². The van der Waals surface area contributed by atoms with Crippen LogP contribution >= 0.6 is 0 Å². The number of carbonyl (C=O) groups is 2. The number of anilines is 2. The number of rotatable bonds is 2. The van der Waals surface area contributed by atoms with Gasteiger partial charge in [0.1, 0.15) is 0 Å². The Kier molecular flexibility index (Phi) is 4.70. The van der Waals surface area contributed by atoms with E-state index in [0.29, 0.717) is 12.2 Å². The second-order valence-corrected chi connectivity index (χ2v) is 7.37. The molecule has 0 fully saturated rings. The summed E-state index contributed by atoms with van der Waals surface area (Å²) in [6.07, 6.45) is 0.754. The van der Waals surface area contributed by atoms with E-state index in [-0.39, 0.29) is 18.4 Å². The predicted molar refractivity (Wildman–Crippen MR) is 96.0 cm³/mol. The van der Waals surface area contributed by atoms with Crippen LogP contribution in [0.25, 0.3) is 4.85 Å². The van der Waals surface area contributed by atoms with E-state index in [0.717, 1.165) is 34.4 Å². The second-order valence-electron chi connectivity index (χ2n) is 7.37. The van der Waals surface area contributed by atoms with Crippen molar-refractivity contribution in [1.29, 1.82) is 0 Å². The zero-order valence-corrected chi connectivity index (χ0v) is 15.3. The van der Waals surface area contributed by atoms with Crippen molar-refractivity contribution in [2.45, 2.75) is 54.5 Å². The summed E-state index contributed by atoms with van der Waals surface area (Å²) >= 11 is 0. The van der Waals surface area contributed by atoms with E-state index in [1.807, 2.05) is 34.6 Å². The van der Waals surface area contributed by atoms with Crippen LogP contribution in [0.5, 0.6) is 0 Å². The molecule has 1 aliphatic rings. The lowest BCUT2D eigenvalue weighted by molar-refractivity contribution is -0.123. The Labute approximate surface area is 143 Å². The van der Waals surface area contributed by atoms with E-state index in [4.69, 9.17) is 6.57 Å². The molecule has 0 bridgehead atoms. The number of carbonyl (C=O) groups excluding carboxylic acids is 2. The predicted octanol–water partition coefficient (Wildman–Crippen LogP) is 3.62. The van der Waals surface area contributed by atoms with Gasteiger partial charge in [-0.2, -0.15) is 0 Å². The summed E-state index contributed by atoms with van der Waals surface area (Å²) in [5, 5.41) is 3.03. The average molecular weight is 327 g/mol. The van der Waals surface area contributed by atoms with Crippen LogP contribution in [0, 0.1) is 25.8 Å². The van der Waals surface area contributed by atoms with Gasteiger partial charge in [-0.05, 0) is 37.0 Å². The molecule has 2 rings (SSSR count). The van der Waals surface area contributed by atoms with Gasteiger partial charge in [-0.1, -0.05) is 20.8 Å². The number of hydrogen-bond donors (Lipinski definition) is 1. The van der Waals surface area contributed by atoms with Crippen molar-refractivity contribution < 1.29 is 9.59 Å². The van der Waals surface area contributed by atoms with Crippen molar-refractivity contribution in [2.24, 2.45) is 5.41 Å². The minimum atomic E-state index is -0.538. The second kappa shape index (κ2) is 6.27. The number of amides is 2. The summed E-state index contributed by atoms with van der Waals surface area (Å²) in [6, 6.07) is 0. The first kappa shape index (κ1) is 18.0. The Hall–Kier alpha value is -2.35. The molecule has 1 N–H and O–H groups in total. The van der Waals surface area contributed by atoms with E-state index >= 15 is 0 Å². The Morgan fingerprint density at radius 1 is 1.25 bits per heavy atom. The molecule has 0 aliphatic carbocycles. The molecule has 2 amide bonds. The molecular weight excluding hydrogens is 302 g/mol. The maximum atomic E-state index is 12.5. The molecule has 1 heterocycles. The van der Waals surface area contributed by atoms with Crippen molar-refractivity contribution in [3.63, 3.8) is 0 Å². The fraction of sp³-hybridized carbons (Fsp3) is 0.526. The Morgan fingerprint density at radius 2 is 1.88 bits per heavy atom. The molecule has 0 saturated heterocycles. The summed E-state index contributed by atoms with van der Waals surface area (Å²) in [5.41, 5.74) is 4.93. The quantitative estimate of drug-likeness (QED) is 0.844. The lowest BCUT2D eigenvalue weighted by atomic mass is 9.91. The van der Waals surface area contributed by atoms with Crippen LogP contribution in [-0.2, 0) is 22.6 Å². The topological polar surface area (TPSA) is 53.8 Å². The summed E-state index contributed by atoms with van der Waals surface area (Å²) in [5.74, 6) is -0.127. The molecule has 0 saturated carbocycles. The van der Waals surface area contributed by atoms with E-state index in [1.54, 1.807) is 11.8 Å². The van der Waals surface area contributed by atoms with Gasteiger partial charge in [0.05, 0.1) is 11.4 Å². The molecule has 0 spiro atoms. The summed E-state index contributed by atoms with van der Waals surface area (Å²) in [4.78, 5) is 29.8. The first-order chi connectivity index (χ1) is 11.1. The van der Waals surface area contributed by atoms with Crippen LogP contribution in [-0.4, -0.2) is 18.4 Å². The highest BCUT2D eigenvalue weighted by Crippen LogP contribution is 2.43. The number of benzene rings is 1. The average Bonchev–Trinajstić information content (AvgIpc) is 2.91. The van der Waals surface area contributed by atoms with Crippen molar-refractivity contribution >= 4 is 23.2 Å². The number of hydrogen-bond acceptors (Lipinski definition) is 2. The first-order valence-corrected chi connectivity index (χ1v) is 8.17. The van der Waals surface area contributed by atoms with E-state index in [9.17, 15) is 9.59 Å². The molecular formula is C19H25N3O2. The number of fused-ring (bicyclic) bond motifs is 1. The van der Waals surface area contributed by atoms with E-state index < -0.39 is 5.41 Å². The molecule has 24 heavy (non-hydrogen) atoms. The monoisotopic (exact) mass is 327 g/mol. The highest BCUT2D eigenvalue weighted by atomic mass is 16.2. The molecule has 128 valence electrons. The van der Waals surface area contributed by atoms with Crippen molar-refractivity contribution in [1.82, 2.24) is 0 Å². The van der Waals surface area contributed by atoms with Crippen molar-refractivity contribution in [3.05, 3.63) is 33.7 Å². The normalized spacial score (nSPS) is 13.5. The summed E-state index contributed by atoms with van der Waals surface area (Å²) in [7, 11) is 0. The Morgan fingerprint density at radius 3 is 2.38 bits per heavy atom. The molecule has 0 aromatic heterocycles. The van der Waals surface area contributed by atoms with E-state index in [2.05, 4.69) is 10.2 Å². The van der Waals surface area contributed by atoms with Crippen LogP contribution in [0.4, 0.5) is 11.4 Å². The standard InChI is InChI=1S/C19H25N3O2/c1-11-14-8-9-22(13(3)23)17(14)16(12(2)15(11)10-20-7)21-18(24)19(4,5)6/h8-10H2,1-6H3,(H,21,24). The molecule has 5 nitrogen and oxygen atoms in total. The SMILES string of the molecule is [C-]#[N+]Cc1c(C)c2c(c(NC(=O)C(C)(C)C)c1C)N(C(C)=O)CC2. The van der Waals surface area contributed by atoms with Crippen LogP contribution in [0.2, 0.25) is 0 Å². The molecule has 0 atom stereocenters. The lowest BCUT2D eigenvalue weighted by Gasteiger charge is -2.26. The van der Waals surface area contributed by atoms with Crippen molar-refractivity contribution in [3.8, 4) is 0 Å². The third-order valence-electron chi connectivity index (χ3n) is 4.65. The largest absolute Gasteiger partial charge is 0.324 e. The zero-order valence-electron chi connectivity index (χ0n) is 15.3. The third-order valence-corrected chi connectivity index (χ3v) is 4.65. The van der Waals surface area contributed by atoms with Crippen LogP contribution < -0.4 is 10.2 Å². The third kappa shape index (κ3) is 3.01. The highest BCUT2D eigenvalue weighted by Gasteiger charge is 2.33. The van der Waals surface area contributed by atoms with Gasteiger partial charge >= 0.3 is 0 Å². The van der Waals surface area contributed by atoms with Crippen LogP contribution in [0.3, 0.4) is 0 Å². The highest BCUT2D eigenvalue weighted by molar-refractivity contribution is 6.05. The zero-order chi connectivity index (χ0) is 18.2. The smallest absolute Gasteiger partial charge is 0.240 e. The molecule has 1 aromatic rings. The minimum Gasteiger partial charge on any atom is -0.324 e. The first-order valence-electron chi connectivity index (χ1n) is 8.17. The molecule has 5 heteroatoms. The number of nitrogens with one attached hydrogen (secondary N) is 1. The van der Waals surface area contributed by atoms with Gasteiger partial charge in [-0.15, -0.1) is 0 Å². The van der Waals surface area contributed by atoms with Gasteiger partial charge in [-0.3, -0.25) is 9.59 Å². The molecule has 0 radical (unpaired) electrons. The maximum Gasteiger partial charge on any atom is 0.240 e.